The number of hydrogen-bond donors (Lipinski definition) is 2. The standard InChI is InChI=1S/C23H31N3OS/c1-3-23(27)26(19-7-5-4-6-8-19)20-11-14-25(15-12-20)16-13-24-21-10-9-18(2)17-22(21)28/h4-10,17,20,24,28H,3,11-16H2,1-2H3. The van der Waals surface area contributed by atoms with Gasteiger partial charge in [0.15, 0.2) is 0 Å². The van der Waals surface area contributed by atoms with Gasteiger partial charge >= 0.3 is 0 Å². The molecule has 1 heterocycles. The zero-order chi connectivity index (χ0) is 19.9. The number of anilines is 2. The lowest BCUT2D eigenvalue weighted by Gasteiger charge is -2.38. The van der Waals surface area contributed by atoms with E-state index < -0.39 is 0 Å². The van der Waals surface area contributed by atoms with Crippen LogP contribution in [0.5, 0.6) is 0 Å². The molecule has 4 nitrogen and oxygen atoms in total. The smallest absolute Gasteiger partial charge is 0.226 e. The molecular formula is C23H31N3OS. The second kappa shape index (κ2) is 9.99. The van der Waals surface area contributed by atoms with E-state index in [0.29, 0.717) is 12.5 Å². The van der Waals surface area contributed by atoms with Crippen LogP contribution in [-0.4, -0.2) is 43.0 Å². The molecule has 0 aliphatic carbocycles. The largest absolute Gasteiger partial charge is 0.383 e. The van der Waals surface area contributed by atoms with Crippen molar-refractivity contribution in [3.05, 3.63) is 54.1 Å². The molecular weight excluding hydrogens is 366 g/mol. The molecule has 0 spiro atoms. The number of benzene rings is 2. The minimum Gasteiger partial charge on any atom is -0.383 e. The highest BCUT2D eigenvalue weighted by molar-refractivity contribution is 7.80. The van der Waals surface area contributed by atoms with E-state index in [4.69, 9.17) is 0 Å². The van der Waals surface area contributed by atoms with Crippen molar-refractivity contribution < 1.29 is 4.79 Å². The van der Waals surface area contributed by atoms with E-state index >= 15 is 0 Å². The number of piperidine rings is 1. The molecule has 0 radical (unpaired) electrons. The van der Waals surface area contributed by atoms with E-state index in [2.05, 4.69) is 48.0 Å². The first kappa shape index (κ1) is 20.7. The Labute approximate surface area is 174 Å². The summed E-state index contributed by atoms with van der Waals surface area (Å²) in [6.07, 6.45) is 2.58. The number of para-hydroxylation sites is 1. The Morgan fingerprint density at radius 2 is 1.89 bits per heavy atom. The van der Waals surface area contributed by atoms with E-state index in [1.165, 1.54) is 5.56 Å². The maximum Gasteiger partial charge on any atom is 0.226 e. The first-order chi connectivity index (χ1) is 13.6. The summed E-state index contributed by atoms with van der Waals surface area (Å²) in [7, 11) is 0. The van der Waals surface area contributed by atoms with E-state index in [-0.39, 0.29) is 5.91 Å². The monoisotopic (exact) mass is 397 g/mol. The summed E-state index contributed by atoms with van der Waals surface area (Å²) in [4.78, 5) is 18.1. The van der Waals surface area contributed by atoms with Gasteiger partial charge in [0.2, 0.25) is 5.91 Å². The molecule has 0 atom stereocenters. The SMILES string of the molecule is CCC(=O)N(c1ccccc1)C1CCN(CCNc2ccc(C)cc2S)CC1. The van der Waals surface area contributed by atoms with E-state index in [9.17, 15) is 4.79 Å². The molecule has 3 rings (SSSR count). The molecule has 1 aliphatic heterocycles. The number of carbonyl (C=O) groups excluding carboxylic acids is 1. The molecule has 0 saturated carbocycles. The molecule has 5 heteroatoms. The zero-order valence-corrected chi connectivity index (χ0v) is 17.8. The second-order valence-electron chi connectivity index (χ2n) is 7.47. The third-order valence-corrected chi connectivity index (χ3v) is 5.79. The lowest BCUT2D eigenvalue weighted by molar-refractivity contribution is -0.119. The Kier molecular flexibility index (Phi) is 7.40. The highest BCUT2D eigenvalue weighted by atomic mass is 32.1. The van der Waals surface area contributed by atoms with Gasteiger partial charge in [0.25, 0.3) is 0 Å². The maximum atomic E-state index is 12.6. The van der Waals surface area contributed by atoms with Crippen molar-refractivity contribution in [3.8, 4) is 0 Å². The van der Waals surface area contributed by atoms with Gasteiger partial charge in [-0.2, -0.15) is 0 Å². The third-order valence-electron chi connectivity index (χ3n) is 5.42. The van der Waals surface area contributed by atoms with Gasteiger partial charge in [0.05, 0.1) is 0 Å². The van der Waals surface area contributed by atoms with Gasteiger partial charge in [0, 0.05) is 54.9 Å². The number of nitrogens with one attached hydrogen (secondary N) is 1. The van der Waals surface area contributed by atoms with Crippen molar-refractivity contribution in [2.75, 3.05) is 36.4 Å². The molecule has 2 aromatic carbocycles. The van der Waals surface area contributed by atoms with Crippen molar-refractivity contribution in [1.29, 1.82) is 0 Å². The number of thiol groups is 1. The van der Waals surface area contributed by atoms with Crippen LogP contribution in [-0.2, 0) is 4.79 Å². The molecule has 1 amide bonds. The van der Waals surface area contributed by atoms with Gasteiger partial charge in [-0.15, -0.1) is 12.6 Å². The molecule has 1 fully saturated rings. The van der Waals surface area contributed by atoms with Crippen LogP contribution < -0.4 is 10.2 Å². The van der Waals surface area contributed by atoms with Gasteiger partial charge in [-0.25, -0.2) is 0 Å². The van der Waals surface area contributed by atoms with Crippen LogP contribution in [0.4, 0.5) is 11.4 Å². The molecule has 28 heavy (non-hydrogen) atoms. The number of nitrogens with zero attached hydrogens (tertiary/aromatic N) is 2. The highest BCUT2D eigenvalue weighted by Crippen LogP contribution is 2.25. The molecule has 1 saturated heterocycles. The van der Waals surface area contributed by atoms with Gasteiger partial charge < -0.3 is 15.1 Å². The highest BCUT2D eigenvalue weighted by Gasteiger charge is 2.28. The Morgan fingerprint density at radius 3 is 2.54 bits per heavy atom. The number of hydrogen-bond acceptors (Lipinski definition) is 4. The first-order valence-electron chi connectivity index (χ1n) is 10.2. The normalized spacial score (nSPS) is 15.4. The molecule has 1 aliphatic rings. The summed E-state index contributed by atoms with van der Waals surface area (Å²) >= 11 is 4.55. The lowest BCUT2D eigenvalue weighted by Crippen LogP contribution is -2.48. The topological polar surface area (TPSA) is 35.6 Å². The number of aryl methyl sites for hydroxylation is 1. The minimum atomic E-state index is 0.215. The summed E-state index contributed by atoms with van der Waals surface area (Å²) in [5.74, 6) is 0.215. The third kappa shape index (κ3) is 5.30. The summed E-state index contributed by atoms with van der Waals surface area (Å²) in [5.41, 5.74) is 3.34. The van der Waals surface area contributed by atoms with Crippen LogP contribution in [0.3, 0.4) is 0 Å². The fraction of sp³-hybridized carbons (Fsp3) is 0.435. The quantitative estimate of drug-likeness (QED) is 0.670. The van der Waals surface area contributed by atoms with Crippen molar-refractivity contribution in [2.45, 2.75) is 44.0 Å². The lowest BCUT2D eigenvalue weighted by atomic mass is 10.0. The number of likely N-dealkylation sites (tertiary alicyclic amines) is 1. The summed E-state index contributed by atoms with van der Waals surface area (Å²) < 4.78 is 0. The molecule has 0 unspecified atom stereocenters. The fourth-order valence-electron chi connectivity index (χ4n) is 3.86. The van der Waals surface area contributed by atoms with Crippen molar-refractivity contribution >= 4 is 29.9 Å². The number of rotatable bonds is 7. The van der Waals surface area contributed by atoms with E-state index in [1.54, 1.807) is 0 Å². The average molecular weight is 398 g/mol. The molecule has 2 aromatic rings. The molecule has 0 bridgehead atoms. The number of amides is 1. The Balaban J connectivity index is 1.51. The van der Waals surface area contributed by atoms with Crippen LogP contribution in [0.25, 0.3) is 0 Å². The van der Waals surface area contributed by atoms with Crippen LogP contribution in [0.15, 0.2) is 53.4 Å². The van der Waals surface area contributed by atoms with E-state index in [1.807, 2.05) is 42.2 Å². The second-order valence-corrected chi connectivity index (χ2v) is 7.95. The molecule has 0 aromatic heterocycles. The number of carbonyl (C=O) groups is 1. The summed E-state index contributed by atoms with van der Waals surface area (Å²) in [6.45, 7) is 7.97. The van der Waals surface area contributed by atoms with Crippen molar-refractivity contribution in [3.63, 3.8) is 0 Å². The Bertz CT molecular complexity index is 773. The van der Waals surface area contributed by atoms with Crippen LogP contribution in [0, 0.1) is 6.92 Å². The van der Waals surface area contributed by atoms with Crippen molar-refractivity contribution in [1.82, 2.24) is 4.90 Å². The molecule has 1 N–H and O–H groups in total. The van der Waals surface area contributed by atoms with Gasteiger partial charge in [0.1, 0.15) is 0 Å². The summed E-state index contributed by atoms with van der Waals surface area (Å²) in [5, 5.41) is 3.49. The maximum absolute atomic E-state index is 12.6. The van der Waals surface area contributed by atoms with Crippen LogP contribution in [0.1, 0.15) is 31.7 Å². The minimum absolute atomic E-state index is 0.215. The van der Waals surface area contributed by atoms with Gasteiger partial charge in [-0.1, -0.05) is 31.2 Å². The fourth-order valence-corrected chi connectivity index (χ4v) is 4.22. The van der Waals surface area contributed by atoms with E-state index in [0.717, 1.165) is 55.3 Å². The average Bonchev–Trinajstić information content (AvgIpc) is 2.71. The predicted molar refractivity (Wildman–Crippen MR) is 121 cm³/mol. The van der Waals surface area contributed by atoms with Gasteiger partial charge in [-0.3, -0.25) is 4.79 Å². The van der Waals surface area contributed by atoms with Crippen LogP contribution in [0.2, 0.25) is 0 Å². The van der Waals surface area contributed by atoms with Crippen LogP contribution >= 0.6 is 12.6 Å². The summed E-state index contributed by atoms with van der Waals surface area (Å²) in [6, 6.07) is 16.7. The Hall–Kier alpha value is -1.98. The van der Waals surface area contributed by atoms with Crippen molar-refractivity contribution in [2.24, 2.45) is 0 Å². The zero-order valence-electron chi connectivity index (χ0n) is 16.9. The predicted octanol–water partition coefficient (Wildman–Crippen LogP) is 4.60. The first-order valence-corrected chi connectivity index (χ1v) is 10.7. The van der Waals surface area contributed by atoms with Gasteiger partial charge in [-0.05, 0) is 49.6 Å². The Morgan fingerprint density at radius 1 is 1.18 bits per heavy atom. The molecule has 150 valence electrons.